The Morgan fingerprint density at radius 3 is 2.29 bits per heavy atom. The molecule has 0 aromatic heterocycles. The number of rotatable bonds is 3. The molecule has 0 aliphatic heterocycles. The number of hydrogen-bond donors (Lipinski definition) is 0. The predicted octanol–water partition coefficient (Wildman–Crippen LogP) is 2.13. The van der Waals surface area contributed by atoms with Crippen LogP contribution in [0, 0.1) is 0 Å². The van der Waals surface area contributed by atoms with E-state index in [0.29, 0.717) is 0 Å². The fraction of sp³-hybridized carbons (Fsp3) is 0.200. The zero-order chi connectivity index (χ0) is 5.70. The molecule has 0 nitrogen and oxygen atoms in total. The molecule has 0 aliphatic rings. The molecule has 0 fully saturated rings. The van der Waals surface area contributed by atoms with E-state index in [1.165, 1.54) is 0 Å². The summed E-state index contributed by atoms with van der Waals surface area (Å²) in [5.41, 5.74) is 1.80. The van der Waals surface area contributed by atoms with Gasteiger partial charge in [0.05, 0.1) is 0 Å². The van der Waals surface area contributed by atoms with Crippen molar-refractivity contribution in [2.75, 3.05) is 0 Å². The number of halogens is 1. The van der Waals surface area contributed by atoms with Gasteiger partial charge in [0.1, 0.15) is 0 Å². The lowest BCUT2D eigenvalue weighted by atomic mass is 10.8. The lowest BCUT2D eigenvalue weighted by Gasteiger charge is -1.88. The minimum absolute atomic E-state index is 0.762. The summed E-state index contributed by atoms with van der Waals surface area (Å²) in [6, 6.07) is 0.912. The minimum atomic E-state index is -0.762. The van der Waals surface area contributed by atoms with Crippen molar-refractivity contribution in [1.29, 1.82) is 0 Å². The average molecular weight is 132 g/mol. The second kappa shape index (κ2) is 4.15. The summed E-state index contributed by atoms with van der Waals surface area (Å²) in [6.45, 7) is 7.09. The van der Waals surface area contributed by atoms with Crippen LogP contribution in [0.25, 0.3) is 0 Å². The van der Waals surface area contributed by atoms with E-state index in [-0.39, 0.29) is 0 Å². The Balaban J connectivity index is 3.15. The van der Waals surface area contributed by atoms with Crippen molar-refractivity contribution in [2.24, 2.45) is 0 Å². The third-order valence-electron chi connectivity index (χ3n) is 0.561. The Morgan fingerprint density at radius 1 is 1.57 bits per heavy atom. The Bertz CT molecular complexity index is 70.5. The van der Waals surface area contributed by atoms with Crippen LogP contribution in [0.2, 0.25) is 6.04 Å². The standard InChI is InChI=1S/C5H8ClSi/c1-3-5-7(6)4-2/h3-4H,1-2,5H2. The number of hydrogen-bond acceptors (Lipinski definition) is 0. The normalized spacial score (nSPS) is 8.86. The fourth-order valence-corrected chi connectivity index (χ4v) is 0.991. The monoisotopic (exact) mass is 131 g/mol. The van der Waals surface area contributed by atoms with Crippen molar-refractivity contribution >= 4 is 19.2 Å². The molecule has 0 saturated carbocycles. The molecule has 39 valence electrons. The van der Waals surface area contributed by atoms with Gasteiger partial charge in [0, 0.05) is 0 Å². The van der Waals surface area contributed by atoms with Crippen molar-refractivity contribution in [3.8, 4) is 0 Å². The first kappa shape index (κ1) is 6.99. The van der Waals surface area contributed by atoms with Crippen LogP contribution in [0.15, 0.2) is 24.9 Å². The lowest BCUT2D eigenvalue weighted by molar-refractivity contribution is 1.72. The van der Waals surface area contributed by atoms with Crippen LogP contribution in [0.1, 0.15) is 0 Å². The van der Waals surface area contributed by atoms with Crippen molar-refractivity contribution in [1.82, 2.24) is 0 Å². The van der Waals surface area contributed by atoms with Crippen molar-refractivity contribution in [3.63, 3.8) is 0 Å². The van der Waals surface area contributed by atoms with E-state index < -0.39 is 8.11 Å². The highest BCUT2D eigenvalue weighted by Gasteiger charge is 1.94. The van der Waals surface area contributed by atoms with Gasteiger partial charge in [-0.15, -0.1) is 13.2 Å². The number of allylic oxidation sites excluding steroid dienone is 1. The Labute approximate surface area is 50.8 Å². The van der Waals surface area contributed by atoms with Crippen LogP contribution in [0.5, 0.6) is 0 Å². The molecule has 0 unspecified atom stereocenters. The second-order valence-electron chi connectivity index (χ2n) is 1.14. The molecular formula is C5H8ClSi. The van der Waals surface area contributed by atoms with E-state index in [1.54, 1.807) is 5.70 Å². The fourth-order valence-electron chi connectivity index (χ4n) is 0.221. The molecular weight excluding hydrogens is 124 g/mol. The molecule has 0 bridgehead atoms. The van der Waals surface area contributed by atoms with Crippen LogP contribution in [-0.2, 0) is 0 Å². The van der Waals surface area contributed by atoms with Crippen LogP contribution in [0.4, 0.5) is 0 Å². The molecule has 2 heteroatoms. The highest BCUT2D eigenvalue weighted by molar-refractivity contribution is 7.09. The lowest BCUT2D eigenvalue weighted by Crippen LogP contribution is -1.93. The van der Waals surface area contributed by atoms with Gasteiger partial charge < -0.3 is 0 Å². The van der Waals surface area contributed by atoms with Gasteiger partial charge in [-0.05, 0) is 6.04 Å². The van der Waals surface area contributed by atoms with Gasteiger partial charge in [0.2, 0.25) is 0 Å². The van der Waals surface area contributed by atoms with Crippen LogP contribution in [-0.4, -0.2) is 8.11 Å². The maximum absolute atomic E-state index is 5.68. The highest BCUT2D eigenvalue weighted by atomic mass is 35.6. The quantitative estimate of drug-likeness (QED) is 0.313. The van der Waals surface area contributed by atoms with E-state index in [9.17, 15) is 0 Å². The molecule has 0 atom stereocenters. The molecule has 0 aromatic rings. The van der Waals surface area contributed by atoms with E-state index in [4.69, 9.17) is 11.1 Å². The summed E-state index contributed by atoms with van der Waals surface area (Å²) in [5, 5.41) is 0. The molecule has 0 aromatic carbocycles. The zero-order valence-electron chi connectivity index (χ0n) is 4.15. The highest BCUT2D eigenvalue weighted by Crippen LogP contribution is 1.97. The van der Waals surface area contributed by atoms with Gasteiger partial charge in [0.15, 0.2) is 8.11 Å². The van der Waals surface area contributed by atoms with Gasteiger partial charge in [-0.2, -0.15) is 11.1 Å². The Morgan fingerprint density at radius 2 is 2.14 bits per heavy atom. The van der Waals surface area contributed by atoms with E-state index >= 15 is 0 Å². The van der Waals surface area contributed by atoms with Gasteiger partial charge in [-0.1, -0.05) is 11.8 Å². The maximum Gasteiger partial charge on any atom is 0.195 e. The molecule has 0 heterocycles. The largest absolute Gasteiger partial charge is 0.195 e. The average Bonchev–Trinajstić information content (AvgIpc) is 1.68. The SMILES string of the molecule is C=CC[Si](Cl)C=C. The van der Waals surface area contributed by atoms with Crippen LogP contribution in [0.3, 0.4) is 0 Å². The van der Waals surface area contributed by atoms with Crippen LogP contribution >= 0.6 is 11.1 Å². The molecule has 0 rings (SSSR count). The summed E-state index contributed by atoms with van der Waals surface area (Å²) < 4.78 is 0. The molecule has 0 N–H and O–H groups in total. The van der Waals surface area contributed by atoms with E-state index in [1.807, 2.05) is 6.08 Å². The summed E-state index contributed by atoms with van der Waals surface area (Å²) >= 11 is 5.68. The third-order valence-corrected chi connectivity index (χ3v) is 2.61. The molecule has 0 saturated heterocycles. The summed E-state index contributed by atoms with van der Waals surface area (Å²) in [4.78, 5) is 0. The van der Waals surface area contributed by atoms with Gasteiger partial charge in [0.25, 0.3) is 0 Å². The van der Waals surface area contributed by atoms with E-state index in [0.717, 1.165) is 6.04 Å². The van der Waals surface area contributed by atoms with Gasteiger partial charge >= 0.3 is 0 Å². The summed E-state index contributed by atoms with van der Waals surface area (Å²) in [6.07, 6.45) is 1.82. The first-order valence-corrected chi connectivity index (χ1v) is 4.85. The summed E-state index contributed by atoms with van der Waals surface area (Å²) in [5.74, 6) is 0. The van der Waals surface area contributed by atoms with Gasteiger partial charge in [-0.3, -0.25) is 0 Å². The molecule has 0 spiro atoms. The van der Waals surface area contributed by atoms with E-state index in [2.05, 4.69) is 13.2 Å². The van der Waals surface area contributed by atoms with Gasteiger partial charge in [-0.25, -0.2) is 0 Å². The summed E-state index contributed by atoms with van der Waals surface area (Å²) in [7, 11) is -0.762. The first-order valence-electron chi connectivity index (χ1n) is 2.06. The van der Waals surface area contributed by atoms with Crippen LogP contribution < -0.4 is 0 Å². The molecule has 0 amide bonds. The van der Waals surface area contributed by atoms with Crippen molar-refractivity contribution in [3.05, 3.63) is 24.9 Å². The Hall–Kier alpha value is -0.0131. The molecule has 0 aliphatic carbocycles. The van der Waals surface area contributed by atoms with Crippen molar-refractivity contribution in [2.45, 2.75) is 6.04 Å². The Kier molecular flexibility index (Phi) is 4.15. The second-order valence-corrected chi connectivity index (χ2v) is 4.31. The smallest absolute Gasteiger partial charge is 0.163 e. The third kappa shape index (κ3) is 3.83. The topological polar surface area (TPSA) is 0 Å². The maximum atomic E-state index is 5.68. The first-order chi connectivity index (χ1) is 3.31. The minimum Gasteiger partial charge on any atom is -0.163 e. The zero-order valence-corrected chi connectivity index (χ0v) is 5.91. The van der Waals surface area contributed by atoms with Crippen molar-refractivity contribution < 1.29 is 0 Å². The molecule has 1 radical (unpaired) electrons. The predicted molar refractivity (Wildman–Crippen MR) is 36.8 cm³/mol. The molecule has 7 heavy (non-hydrogen) atoms.